The third kappa shape index (κ3) is 1.16. The van der Waals surface area contributed by atoms with Gasteiger partial charge in [0.05, 0.1) is 12.3 Å². The highest BCUT2D eigenvalue weighted by Gasteiger charge is 2.27. The second-order valence-electron chi connectivity index (χ2n) is 3.14. The van der Waals surface area contributed by atoms with Gasteiger partial charge in [0.15, 0.2) is 0 Å². The molecule has 1 aromatic rings. The summed E-state index contributed by atoms with van der Waals surface area (Å²) < 4.78 is 1.78. The lowest BCUT2D eigenvalue weighted by atomic mass is 10.2. The smallest absolute Gasteiger partial charge is 0.0913 e. The van der Waals surface area contributed by atoms with Crippen molar-refractivity contribution < 1.29 is 5.11 Å². The first-order chi connectivity index (χ1) is 5.31. The molecule has 1 aromatic heterocycles. The van der Waals surface area contributed by atoms with E-state index in [1.807, 2.05) is 13.2 Å². The van der Waals surface area contributed by atoms with Crippen molar-refractivity contribution >= 4 is 0 Å². The normalized spacial score (nSPS) is 17.3. The van der Waals surface area contributed by atoms with Gasteiger partial charge in [0.1, 0.15) is 0 Å². The van der Waals surface area contributed by atoms with Crippen LogP contribution in [-0.4, -0.2) is 14.9 Å². The van der Waals surface area contributed by atoms with Crippen LogP contribution in [0.5, 0.6) is 0 Å². The summed E-state index contributed by atoms with van der Waals surface area (Å²) in [4.78, 5) is 0. The second-order valence-corrected chi connectivity index (χ2v) is 3.14. The molecule has 0 radical (unpaired) electrons. The van der Waals surface area contributed by atoms with Crippen LogP contribution in [0.1, 0.15) is 30.0 Å². The Bertz CT molecular complexity index is 263. The van der Waals surface area contributed by atoms with Crippen LogP contribution in [0.2, 0.25) is 0 Å². The Morgan fingerprint density at radius 1 is 1.73 bits per heavy atom. The second kappa shape index (κ2) is 2.34. The Labute approximate surface area is 65.7 Å². The molecule has 0 aromatic carbocycles. The van der Waals surface area contributed by atoms with Crippen LogP contribution in [0.15, 0.2) is 6.20 Å². The molecule has 0 saturated heterocycles. The van der Waals surface area contributed by atoms with E-state index in [4.69, 9.17) is 5.11 Å². The van der Waals surface area contributed by atoms with Crippen molar-refractivity contribution in [1.82, 2.24) is 9.78 Å². The fourth-order valence-corrected chi connectivity index (χ4v) is 1.41. The van der Waals surface area contributed by atoms with E-state index in [0.717, 1.165) is 5.69 Å². The summed E-state index contributed by atoms with van der Waals surface area (Å²) in [5.41, 5.74) is 2.10. The number of hydrogen-bond donors (Lipinski definition) is 1. The van der Waals surface area contributed by atoms with Crippen LogP contribution in [0.25, 0.3) is 0 Å². The molecule has 0 aliphatic heterocycles. The number of aliphatic hydroxyl groups excluding tert-OH is 1. The Morgan fingerprint density at radius 3 is 3.00 bits per heavy atom. The topological polar surface area (TPSA) is 38.0 Å². The van der Waals surface area contributed by atoms with Gasteiger partial charge in [0.2, 0.25) is 0 Å². The molecule has 2 rings (SSSR count). The minimum Gasteiger partial charge on any atom is -0.390 e. The molecular formula is C8H12N2O. The van der Waals surface area contributed by atoms with Gasteiger partial charge < -0.3 is 5.11 Å². The number of aryl methyl sites for hydroxylation is 1. The Kier molecular flexibility index (Phi) is 1.46. The lowest BCUT2D eigenvalue weighted by Gasteiger charge is -1.92. The Balaban J connectivity index is 2.34. The largest absolute Gasteiger partial charge is 0.390 e. The van der Waals surface area contributed by atoms with Crippen molar-refractivity contribution in [2.24, 2.45) is 7.05 Å². The maximum Gasteiger partial charge on any atom is 0.0913 e. The molecule has 0 spiro atoms. The predicted molar refractivity (Wildman–Crippen MR) is 41.1 cm³/mol. The van der Waals surface area contributed by atoms with Gasteiger partial charge in [-0.1, -0.05) is 0 Å². The summed E-state index contributed by atoms with van der Waals surface area (Å²) in [5, 5.41) is 13.1. The average molecular weight is 152 g/mol. The van der Waals surface area contributed by atoms with Crippen LogP contribution in [0, 0.1) is 0 Å². The molecule has 1 saturated carbocycles. The maximum absolute atomic E-state index is 8.93. The molecule has 1 N–H and O–H groups in total. The van der Waals surface area contributed by atoms with Gasteiger partial charge in [0.25, 0.3) is 0 Å². The first-order valence-electron chi connectivity index (χ1n) is 3.94. The van der Waals surface area contributed by atoms with Gasteiger partial charge in [-0.2, -0.15) is 5.10 Å². The van der Waals surface area contributed by atoms with Gasteiger partial charge in [-0.15, -0.1) is 0 Å². The number of aliphatic hydroxyl groups is 1. The predicted octanol–water partition coefficient (Wildman–Crippen LogP) is 0.790. The number of aromatic nitrogens is 2. The first-order valence-corrected chi connectivity index (χ1v) is 3.94. The van der Waals surface area contributed by atoms with E-state index in [-0.39, 0.29) is 6.61 Å². The lowest BCUT2D eigenvalue weighted by Crippen LogP contribution is -1.91. The monoisotopic (exact) mass is 152 g/mol. The first kappa shape index (κ1) is 6.85. The molecule has 0 atom stereocenters. The molecule has 0 bridgehead atoms. The molecule has 11 heavy (non-hydrogen) atoms. The minimum absolute atomic E-state index is 0.0761. The summed E-state index contributed by atoms with van der Waals surface area (Å²) in [6.07, 6.45) is 4.54. The molecule has 0 unspecified atom stereocenters. The lowest BCUT2D eigenvalue weighted by molar-refractivity contribution is 0.274. The zero-order chi connectivity index (χ0) is 7.84. The van der Waals surface area contributed by atoms with Crippen molar-refractivity contribution in [2.75, 3.05) is 0 Å². The summed E-state index contributed by atoms with van der Waals surface area (Å²) in [7, 11) is 1.89. The van der Waals surface area contributed by atoms with Crippen LogP contribution in [0.3, 0.4) is 0 Å². The van der Waals surface area contributed by atoms with Crippen molar-refractivity contribution in [3.05, 3.63) is 17.5 Å². The van der Waals surface area contributed by atoms with E-state index < -0.39 is 0 Å². The highest BCUT2D eigenvalue weighted by molar-refractivity contribution is 5.25. The van der Waals surface area contributed by atoms with Crippen molar-refractivity contribution in [1.29, 1.82) is 0 Å². The molecule has 1 heterocycles. The Hall–Kier alpha value is -0.830. The van der Waals surface area contributed by atoms with E-state index in [1.54, 1.807) is 4.68 Å². The van der Waals surface area contributed by atoms with E-state index in [2.05, 4.69) is 5.10 Å². The van der Waals surface area contributed by atoms with Crippen molar-refractivity contribution in [2.45, 2.75) is 25.4 Å². The van der Waals surface area contributed by atoms with Gasteiger partial charge >= 0.3 is 0 Å². The van der Waals surface area contributed by atoms with Gasteiger partial charge in [0, 0.05) is 13.2 Å². The molecule has 1 aliphatic carbocycles. The summed E-state index contributed by atoms with van der Waals surface area (Å²) in [6.45, 7) is 0.0761. The summed E-state index contributed by atoms with van der Waals surface area (Å²) >= 11 is 0. The standard InChI is InChI=1S/C8H12N2O/c1-10-4-7(6-2-3-6)8(5-11)9-10/h4,6,11H,2-3,5H2,1H3. The van der Waals surface area contributed by atoms with Crippen molar-refractivity contribution in [3.63, 3.8) is 0 Å². The fraction of sp³-hybridized carbons (Fsp3) is 0.625. The zero-order valence-electron chi connectivity index (χ0n) is 6.62. The van der Waals surface area contributed by atoms with Gasteiger partial charge in [-0.05, 0) is 24.3 Å². The summed E-state index contributed by atoms with van der Waals surface area (Å²) in [5.74, 6) is 0.686. The third-order valence-electron chi connectivity index (χ3n) is 2.10. The van der Waals surface area contributed by atoms with E-state index in [0.29, 0.717) is 5.92 Å². The van der Waals surface area contributed by atoms with Crippen LogP contribution in [-0.2, 0) is 13.7 Å². The average Bonchev–Trinajstić information content (AvgIpc) is 2.75. The molecule has 3 heteroatoms. The van der Waals surface area contributed by atoms with E-state index in [9.17, 15) is 0 Å². The van der Waals surface area contributed by atoms with Crippen LogP contribution < -0.4 is 0 Å². The Morgan fingerprint density at radius 2 is 2.45 bits per heavy atom. The molecular weight excluding hydrogens is 140 g/mol. The fourth-order valence-electron chi connectivity index (χ4n) is 1.41. The molecule has 60 valence electrons. The van der Waals surface area contributed by atoms with Crippen LogP contribution >= 0.6 is 0 Å². The third-order valence-corrected chi connectivity index (χ3v) is 2.10. The van der Waals surface area contributed by atoms with Crippen molar-refractivity contribution in [3.8, 4) is 0 Å². The number of rotatable bonds is 2. The maximum atomic E-state index is 8.93. The zero-order valence-corrected chi connectivity index (χ0v) is 6.62. The highest BCUT2D eigenvalue weighted by atomic mass is 16.3. The molecule has 0 amide bonds. The van der Waals surface area contributed by atoms with E-state index >= 15 is 0 Å². The van der Waals surface area contributed by atoms with Crippen LogP contribution in [0.4, 0.5) is 0 Å². The van der Waals surface area contributed by atoms with Gasteiger partial charge in [-0.25, -0.2) is 0 Å². The number of hydrogen-bond acceptors (Lipinski definition) is 2. The minimum atomic E-state index is 0.0761. The molecule has 1 fully saturated rings. The number of nitrogens with zero attached hydrogens (tertiary/aromatic N) is 2. The van der Waals surface area contributed by atoms with Gasteiger partial charge in [-0.3, -0.25) is 4.68 Å². The highest BCUT2D eigenvalue weighted by Crippen LogP contribution is 2.41. The molecule has 3 nitrogen and oxygen atoms in total. The molecule has 1 aliphatic rings. The summed E-state index contributed by atoms with van der Waals surface area (Å²) in [6, 6.07) is 0. The quantitative estimate of drug-likeness (QED) is 0.680. The van der Waals surface area contributed by atoms with E-state index in [1.165, 1.54) is 18.4 Å². The SMILES string of the molecule is Cn1cc(C2CC2)c(CO)n1.